The average Bonchev–Trinajstić information content (AvgIpc) is 3.10. The Hall–Kier alpha value is -3.58. The van der Waals surface area contributed by atoms with E-state index in [1.165, 1.54) is 6.92 Å². The molecule has 0 saturated carbocycles. The summed E-state index contributed by atoms with van der Waals surface area (Å²) in [6.07, 6.45) is 1.71. The number of hydrogen-bond acceptors (Lipinski definition) is 5. The van der Waals surface area contributed by atoms with Crippen LogP contribution in [0.2, 0.25) is 0 Å². The van der Waals surface area contributed by atoms with Crippen molar-refractivity contribution >= 4 is 45.6 Å². The predicted molar refractivity (Wildman–Crippen MR) is 123 cm³/mol. The maximum Gasteiger partial charge on any atom is 0.286 e. The Balaban J connectivity index is 1.51. The molecule has 1 N–H and O–H groups in total. The van der Waals surface area contributed by atoms with Crippen LogP contribution in [-0.4, -0.2) is 24.1 Å². The van der Waals surface area contributed by atoms with Crippen LogP contribution in [0.3, 0.4) is 0 Å². The van der Waals surface area contributed by atoms with E-state index in [0.717, 1.165) is 33.7 Å². The first-order valence-corrected chi connectivity index (χ1v) is 10.4. The van der Waals surface area contributed by atoms with E-state index in [0.29, 0.717) is 23.0 Å². The van der Waals surface area contributed by atoms with Crippen LogP contribution in [0.4, 0.5) is 0 Å². The molecule has 7 heteroatoms. The molecule has 1 heterocycles. The number of methoxy groups -OCH3 is 1. The van der Waals surface area contributed by atoms with Gasteiger partial charge in [0.2, 0.25) is 5.91 Å². The van der Waals surface area contributed by atoms with Gasteiger partial charge in [-0.3, -0.25) is 9.59 Å². The van der Waals surface area contributed by atoms with Crippen LogP contribution in [0.15, 0.2) is 70.6 Å². The Morgan fingerprint density at radius 1 is 1.10 bits per heavy atom. The minimum atomic E-state index is -0.385. The van der Waals surface area contributed by atoms with Crippen molar-refractivity contribution in [2.45, 2.75) is 13.5 Å². The van der Waals surface area contributed by atoms with Gasteiger partial charge in [-0.25, -0.2) is 0 Å². The molecule has 0 spiro atoms. The highest BCUT2D eigenvalue weighted by molar-refractivity contribution is 8.18. The molecule has 0 atom stereocenters. The molecule has 3 aromatic rings. The van der Waals surface area contributed by atoms with E-state index in [2.05, 4.69) is 28.5 Å². The van der Waals surface area contributed by atoms with Crippen LogP contribution < -0.4 is 14.8 Å². The molecule has 2 amide bonds. The number of nitrogens with zero attached hydrogens (tertiary/aromatic N) is 1. The van der Waals surface area contributed by atoms with Gasteiger partial charge in [0.25, 0.3) is 5.91 Å². The van der Waals surface area contributed by atoms with Gasteiger partial charge in [-0.15, -0.1) is 0 Å². The number of fused-ring (bicyclic) bond motifs is 1. The number of rotatable bonds is 5. The highest BCUT2D eigenvalue weighted by atomic mass is 32.2. The van der Waals surface area contributed by atoms with E-state index in [1.54, 1.807) is 19.3 Å². The number of thioether (sulfide) groups is 1. The Bertz CT molecular complexity index is 1230. The molecule has 31 heavy (non-hydrogen) atoms. The quantitative estimate of drug-likeness (QED) is 0.599. The summed E-state index contributed by atoms with van der Waals surface area (Å²) < 4.78 is 11.5. The fourth-order valence-electron chi connectivity index (χ4n) is 3.23. The number of aliphatic imine (C=N–C) groups is 1. The first kappa shape index (κ1) is 20.7. The zero-order valence-electron chi connectivity index (χ0n) is 17.0. The largest absolute Gasteiger partial charge is 0.493 e. The summed E-state index contributed by atoms with van der Waals surface area (Å²) in [5.41, 5.74) is 1.85. The van der Waals surface area contributed by atoms with E-state index in [1.807, 2.05) is 36.4 Å². The molecule has 4 rings (SSSR count). The van der Waals surface area contributed by atoms with Crippen molar-refractivity contribution in [1.29, 1.82) is 0 Å². The molecule has 3 aromatic carbocycles. The van der Waals surface area contributed by atoms with Gasteiger partial charge in [0.1, 0.15) is 6.61 Å². The van der Waals surface area contributed by atoms with E-state index in [-0.39, 0.29) is 17.0 Å². The first-order chi connectivity index (χ1) is 15.0. The number of hydrogen-bond donors (Lipinski definition) is 1. The van der Waals surface area contributed by atoms with Crippen molar-refractivity contribution in [2.24, 2.45) is 4.99 Å². The van der Waals surface area contributed by atoms with Gasteiger partial charge in [-0.2, -0.15) is 4.99 Å². The molecule has 0 aliphatic carbocycles. The Morgan fingerprint density at radius 3 is 2.71 bits per heavy atom. The molecule has 156 valence electrons. The summed E-state index contributed by atoms with van der Waals surface area (Å²) in [5, 5.41) is 5.13. The molecule has 0 radical (unpaired) electrons. The number of amidine groups is 1. The summed E-state index contributed by atoms with van der Waals surface area (Å²) in [4.78, 5) is 27.5. The average molecular weight is 433 g/mol. The fraction of sp³-hybridized carbons (Fsp3) is 0.125. The van der Waals surface area contributed by atoms with E-state index in [4.69, 9.17) is 9.47 Å². The van der Waals surface area contributed by atoms with Gasteiger partial charge in [0.15, 0.2) is 16.7 Å². The third kappa shape index (κ3) is 4.78. The lowest BCUT2D eigenvalue weighted by molar-refractivity contribution is -0.117. The second-order valence-corrected chi connectivity index (χ2v) is 7.88. The Labute approximate surface area is 184 Å². The number of nitrogens with one attached hydrogen (secondary N) is 1. The second kappa shape index (κ2) is 9.06. The lowest BCUT2D eigenvalue weighted by Crippen LogP contribution is -2.23. The third-order valence-corrected chi connectivity index (χ3v) is 5.55. The van der Waals surface area contributed by atoms with Crippen molar-refractivity contribution in [1.82, 2.24) is 5.32 Å². The molecule has 0 saturated heterocycles. The Kier molecular flexibility index (Phi) is 6.04. The summed E-state index contributed by atoms with van der Waals surface area (Å²) in [7, 11) is 1.57. The summed E-state index contributed by atoms with van der Waals surface area (Å²) in [6, 6.07) is 19.8. The van der Waals surface area contributed by atoms with E-state index < -0.39 is 0 Å². The minimum absolute atomic E-state index is 0.269. The van der Waals surface area contributed by atoms with Crippen molar-refractivity contribution in [3.8, 4) is 11.5 Å². The van der Waals surface area contributed by atoms with E-state index in [9.17, 15) is 9.59 Å². The summed E-state index contributed by atoms with van der Waals surface area (Å²) in [5.74, 6) is 0.518. The molecule has 1 aliphatic rings. The van der Waals surface area contributed by atoms with Gasteiger partial charge >= 0.3 is 0 Å². The van der Waals surface area contributed by atoms with Crippen LogP contribution in [0.5, 0.6) is 11.5 Å². The number of amides is 2. The maximum absolute atomic E-state index is 12.1. The number of benzene rings is 3. The molecule has 0 bridgehead atoms. The fourth-order valence-corrected chi connectivity index (χ4v) is 4.09. The van der Waals surface area contributed by atoms with Crippen LogP contribution in [0.1, 0.15) is 18.1 Å². The lowest BCUT2D eigenvalue weighted by atomic mass is 10.1. The number of ether oxygens (including phenoxy) is 2. The minimum Gasteiger partial charge on any atom is -0.493 e. The van der Waals surface area contributed by atoms with Gasteiger partial charge in [-0.05, 0) is 51.9 Å². The van der Waals surface area contributed by atoms with Crippen molar-refractivity contribution < 1.29 is 19.1 Å². The van der Waals surface area contributed by atoms with E-state index >= 15 is 0 Å². The van der Waals surface area contributed by atoms with Crippen molar-refractivity contribution in [3.05, 3.63) is 76.7 Å². The summed E-state index contributed by atoms with van der Waals surface area (Å²) in [6.45, 7) is 1.78. The number of carbonyl (C=O) groups excluding carboxylic acids is 2. The summed E-state index contributed by atoms with van der Waals surface area (Å²) >= 11 is 1.13. The SMILES string of the molecule is COc1cc(/C=C2\SC(NC(C)=O)=NC2=O)ccc1OCc1cccc2ccccc12. The monoisotopic (exact) mass is 432 g/mol. The lowest BCUT2D eigenvalue weighted by Gasteiger charge is -2.13. The normalized spacial score (nSPS) is 14.6. The molecular weight excluding hydrogens is 412 g/mol. The second-order valence-electron chi connectivity index (χ2n) is 6.85. The first-order valence-electron chi connectivity index (χ1n) is 9.61. The number of carbonyl (C=O) groups is 2. The highest BCUT2D eigenvalue weighted by Crippen LogP contribution is 2.33. The third-order valence-electron chi connectivity index (χ3n) is 4.65. The Morgan fingerprint density at radius 2 is 1.90 bits per heavy atom. The topological polar surface area (TPSA) is 77.0 Å². The molecular formula is C24H20N2O4S. The zero-order chi connectivity index (χ0) is 21.8. The van der Waals surface area contributed by atoms with Gasteiger partial charge < -0.3 is 14.8 Å². The smallest absolute Gasteiger partial charge is 0.286 e. The molecule has 0 fully saturated rings. The molecule has 0 aromatic heterocycles. The highest BCUT2D eigenvalue weighted by Gasteiger charge is 2.22. The standard InChI is InChI=1S/C24H20N2O4S/c1-15(27)25-24-26-23(28)22(31-24)13-16-10-11-20(21(12-16)29-2)30-14-18-8-5-7-17-6-3-4-9-19(17)18/h3-13H,14H2,1-2H3,(H,25,26,27,28)/b22-13-. The van der Waals surface area contributed by atoms with Gasteiger partial charge in [-0.1, -0.05) is 48.5 Å². The van der Waals surface area contributed by atoms with Crippen LogP contribution >= 0.6 is 11.8 Å². The van der Waals surface area contributed by atoms with Crippen molar-refractivity contribution in [2.75, 3.05) is 7.11 Å². The maximum atomic E-state index is 12.1. The van der Waals surface area contributed by atoms with Crippen molar-refractivity contribution in [3.63, 3.8) is 0 Å². The zero-order valence-corrected chi connectivity index (χ0v) is 17.9. The van der Waals surface area contributed by atoms with Gasteiger partial charge in [0.05, 0.1) is 12.0 Å². The van der Waals surface area contributed by atoms with Crippen LogP contribution in [0, 0.1) is 0 Å². The molecule has 0 unspecified atom stereocenters. The van der Waals surface area contributed by atoms with Gasteiger partial charge in [0, 0.05) is 6.92 Å². The van der Waals surface area contributed by atoms with Crippen LogP contribution in [0.25, 0.3) is 16.8 Å². The molecule has 1 aliphatic heterocycles. The molecule has 6 nitrogen and oxygen atoms in total. The van der Waals surface area contributed by atoms with Crippen LogP contribution in [-0.2, 0) is 16.2 Å². The predicted octanol–water partition coefficient (Wildman–Crippen LogP) is 4.53.